The summed E-state index contributed by atoms with van der Waals surface area (Å²) in [6.45, 7) is 7.21. The second kappa shape index (κ2) is 6.19. The third-order valence-electron chi connectivity index (χ3n) is 3.80. The highest BCUT2D eigenvalue weighted by Gasteiger charge is 2.23. The zero-order valence-corrected chi connectivity index (χ0v) is 12.5. The van der Waals surface area contributed by atoms with Gasteiger partial charge in [0.25, 0.3) is 0 Å². The molecule has 0 bridgehead atoms. The third-order valence-corrected chi connectivity index (χ3v) is 3.80. The number of nitrogens with one attached hydrogen (secondary N) is 1. The molecule has 5 heteroatoms. The van der Waals surface area contributed by atoms with E-state index >= 15 is 0 Å². The maximum Gasteiger partial charge on any atom is 0.224 e. The summed E-state index contributed by atoms with van der Waals surface area (Å²) in [7, 11) is 4.33. The van der Waals surface area contributed by atoms with Crippen LogP contribution >= 0.6 is 0 Å². The van der Waals surface area contributed by atoms with Crippen molar-refractivity contribution in [3.8, 4) is 0 Å². The Bertz CT molecular complexity index is 420. The van der Waals surface area contributed by atoms with Gasteiger partial charge in [-0.05, 0) is 40.3 Å². The number of hydrogen-bond acceptors (Lipinski definition) is 5. The van der Waals surface area contributed by atoms with E-state index in [0.29, 0.717) is 6.04 Å². The molecule has 1 atom stereocenters. The molecule has 2 heterocycles. The molecule has 1 fully saturated rings. The number of rotatable bonds is 5. The van der Waals surface area contributed by atoms with Crippen LogP contribution in [0.25, 0.3) is 0 Å². The minimum absolute atomic E-state index is 0.641. The molecular weight excluding hydrogens is 238 g/mol. The van der Waals surface area contributed by atoms with Crippen molar-refractivity contribution < 1.29 is 0 Å². The number of likely N-dealkylation sites (N-methyl/N-ethyl adjacent to an activating group) is 2. The van der Waals surface area contributed by atoms with Crippen molar-refractivity contribution in [1.82, 2.24) is 14.9 Å². The van der Waals surface area contributed by atoms with E-state index in [9.17, 15) is 0 Å². The first-order valence-corrected chi connectivity index (χ1v) is 7.10. The number of hydrogen-bond donors (Lipinski definition) is 1. The first-order valence-electron chi connectivity index (χ1n) is 7.10. The Labute approximate surface area is 116 Å². The third kappa shape index (κ3) is 3.35. The SMILES string of the molecule is CCNc1ncc(C)c(N(C)CC2CCCN2C)n1. The van der Waals surface area contributed by atoms with E-state index in [1.165, 1.54) is 19.4 Å². The lowest BCUT2D eigenvalue weighted by atomic mass is 10.2. The lowest BCUT2D eigenvalue weighted by Gasteiger charge is -2.27. The highest BCUT2D eigenvalue weighted by molar-refractivity contribution is 5.48. The summed E-state index contributed by atoms with van der Waals surface area (Å²) >= 11 is 0. The normalized spacial score (nSPS) is 19.7. The first-order chi connectivity index (χ1) is 9.11. The molecule has 1 aromatic heterocycles. The second-order valence-electron chi connectivity index (χ2n) is 5.39. The fourth-order valence-electron chi connectivity index (χ4n) is 2.68. The van der Waals surface area contributed by atoms with Crippen LogP contribution in [0.1, 0.15) is 25.3 Å². The molecule has 1 aliphatic heterocycles. The fourth-order valence-corrected chi connectivity index (χ4v) is 2.68. The molecule has 2 rings (SSSR count). The molecular formula is C14H25N5. The van der Waals surface area contributed by atoms with Gasteiger partial charge in [-0.25, -0.2) is 4.98 Å². The molecule has 1 N–H and O–H groups in total. The van der Waals surface area contributed by atoms with Gasteiger partial charge in [0.15, 0.2) is 0 Å². The standard InChI is InChI=1S/C14H25N5/c1-5-15-14-16-9-11(2)13(17-14)19(4)10-12-7-6-8-18(12)3/h9,12H,5-8,10H2,1-4H3,(H,15,16,17). The first kappa shape index (κ1) is 14.1. The predicted molar refractivity (Wildman–Crippen MR) is 79.9 cm³/mol. The molecule has 0 saturated carbocycles. The van der Waals surface area contributed by atoms with Gasteiger partial charge in [-0.15, -0.1) is 0 Å². The van der Waals surface area contributed by atoms with Crippen molar-refractivity contribution in [2.75, 3.05) is 43.9 Å². The van der Waals surface area contributed by atoms with Crippen LogP contribution in [0.3, 0.4) is 0 Å². The second-order valence-corrected chi connectivity index (χ2v) is 5.39. The molecule has 0 spiro atoms. The van der Waals surface area contributed by atoms with Crippen LogP contribution in [0.2, 0.25) is 0 Å². The van der Waals surface area contributed by atoms with Gasteiger partial charge in [-0.1, -0.05) is 0 Å². The Morgan fingerprint density at radius 1 is 1.53 bits per heavy atom. The van der Waals surface area contributed by atoms with Gasteiger partial charge in [0, 0.05) is 37.9 Å². The molecule has 0 aliphatic carbocycles. The Morgan fingerprint density at radius 2 is 2.32 bits per heavy atom. The Hall–Kier alpha value is -1.36. The van der Waals surface area contributed by atoms with Crippen LogP contribution in [0, 0.1) is 6.92 Å². The number of aromatic nitrogens is 2. The molecule has 5 nitrogen and oxygen atoms in total. The van der Waals surface area contributed by atoms with Crippen molar-refractivity contribution >= 4 is 11.8 Å². The number of nitrogens with zero attached hydrogens (tertiary/aromatic N) is 4. The summed E-state index contributed by atoms with van der Waals surface area (Å²) in [6, 6.07) is 0.641. The zero-order valence-electron chi connectivity index (χ0n) is 12.5. The molecule has 1 aromatic rings. The predicted octanol–water partition coefficient (Wildman–Crippen LogP) is 1.75. The summed E-state index contributed by atoms with van der Waals surface area (Å²) in [4.78, 5) is 13.6. The van der Waals surface area contributed by atoms with Crippen LogP contribution in [0.15, 0.2) is 6.20 Å². The molecule has 1 aliphatic rings. The van der Waals surface area contributed by atoms with E-state index in [1.807, 2.05) is 6.20 Å². The molecule has 106 valence electrons. The topological polar surface area (TPSA) is 44.3 Å². The Kier molecular flexibility index (Phi) is 4.58. The highest BCUT2D eigenvalue weighted by Crippen LogP contribution is 2.21. The largest absolute Gasteiger partial charge is 0.358 e. The van der Waals surface area contributed by atoms with Gasteiger partial charge in [-0.2, -0.15) is 4.98 Å². The van der Waals surface area contributed by atoms with E-state index in [2.05, 4.69) is 53.0 Å². The molecule has 0 aromatic carbocycles. The van der Waals surface area contributed by atoms with E-state index in [4.69, 9.17) is 0 Å². The summed E-state index contributed by atoms with van der Waals surface area (Å²) < 4.78 is 0. The molecule has 1 unspecified atom stereocenters. The highest BCUT2D eigenvalue weighted by atomic mass is 15.3. The van der Waals surface area contributed by atoms with Gasteiger partial charge in [0.1, 0.15) is 5.82 Å². The van der Waals surface area contributed by atoms with Crippen molar-refractivity contribution in [3.05, 3.63) is 11.8 Å². The van der Waals surface area contributed by atoms with Crippen LogP contribution < -0.4 is 10.2 Å². The van der Waals surface area contributed by atoms with Gasteiger partial charge in [-0.3, -0.25) is 0 Å². The molecule has 1 saturated heterocycles. The van der Waals surface area contributed by atoms with E-state index in [0.717, 1.165) is 30.4 Å². The monoisotopic (exact) mass is 263 g/mol. The maximum atomic E-state index is 4.61. The summed E-state index contributed by atoms with van der Waals surface area (Å²) in [5.74, 6) is 1.75. The lowest BCUT2D eigenvalue weighted by Crippen LogP contribution is -2.37. The van der Waals surface area contributed by atoms with Gasteiger partial charge >= 0.3 is 0 Å². The van der Waals surface area contributed by atoms with E-state index in [1.54, 1.807) is 0 Å². The Morgan fingerprint density at radius 3 is 2.95 bits per heavy atom. The minimum Gasteiger partial charge on any atom is -0.358 e. The van der Waals surface area contributed by atoms with Gasteiger partial charge < -0.3 is 15.1 Å². The van der Waals surface area contributed by atoms with Crippen molar-refractivity contribution in [3.63, 3.8) is 0 Å². The number of likely N-dealkylation sites (tertiary alicyclic amines) is 1. The van der Waals surface area contributed by atoms with E-state index < -0.39 is 0 Å². The lowest BCUT2D eigenvalue weighted by molar-refractivity contribution is 0.314. The molecule has 19 heavy (non-hydrogen) atoms. The van der Waals surface area contributed by atoms with E-state index in [-0.39, 0.29) is 0 Å². The van der Waals surface area contributed by atoms with Crippen molar-refractivity contribution in [2.24, 2.45) is 0 Å². The smallest absolute Gasteiger partial charge is 0.224 e. The average Bonchev–Trinajstić information content (AvgIpc) is 2.77. The fraction of sp³-hybridized carbons (Fsp3) is 0.714. The van der Waals surface area contributed by atoms with Crippen molar-refractivity contribution in [2.45, 2.75) is 32.7 Å². The summed E-state index contributed by atoms with van der Waals surface area (Å²) in [5, 5.41) is 3.17. The quantitative estimate of drug-likeness (QED) is 0.877. The van der Waals surface area contributed by atoms with Crippen LogP contribution in [0.5, 0.6) is 0 Å². The average molecular weight is 263 g/mol. The molecule has 0 amide bonds. The van der Waals surface area contributed by atoms with Crippen LogP contribution in [0.4, 0.5) is 11.8 Å². The minimum atomic E-state index is 0.641. The number of anilines is 2. The van der Waals surface area contributed by atoms with Gasteiger partial charge in [0.05, 0.1) is 0 Å². The molecule has 0 radical (unpaired) electrons. The van der Waals surface area contributed by atoms with Crippen LogP contribution in [-0.4, -0.2) is 54.6 Å². The van der Waals surface area contributed by atoms with Gasteiger partial charge in [0.2, 0.25) is 5.95 Å². The number of aryl methyl sites for hydroxylation is 1. The maximum absolute atomic E-state index is 4.61. The van der Waals surface area contributed by atoms with Crippen LogP contribution in [-0.2, 0) is 0 Å². The summed E-state index contributed by atoms with van der Waals surface area (Å²) in [6.07, 6.45) is 4.49. The van der Waals surface area contributed by atoms with Crippen molar-refractivity contribution in [1.29, 1.82) is 0 Å². The zero-order chi connectivity index (χ0) is 13.8. The Balaban J connectivity index is 2.08. The summed E-state index contributed by atoms with van der Waals surface area (Å²) in [5.41, 5.74) is 1.13.